The molecule has 2 fully saturated rings. The van der Waals surface area contributed by atoms with Crippen molar-refractivity contribution in [1.82, 2.24) is 14.8 Å². The van der Waals surface area contributed by atoms with Gasteiger partial charge in [-0.1, -0.05) is 0 Å². The lowest BCUT2D eigenvalue weighted by atomic mass is 9.89. The number of amides is 1. The number of carbonyl (C=O) groups is 1. The Kier molecular flexibility index (Phi) is 5.13. The van der Waals surface area contributed by atoms with Gasteiger partial charge in [0, 0.05) is 38.4 Å². The molecule has 0 aromatic carbocycles. The van der Waals surface area contributed by atoms with Gasteiger partial charge < -0.3 is 14.6 Å². The van der Waals surface area contributed by atoms with Crippen LogP contribution in [0.15, 0.2) is 23.1 Å². The van der Waals surface area contributed by atoms with Gasteiger partial charge in [0.1, 0.15) is 5.56 Å². The molecule has 0 unspecified atom stereocenters. The number of nitrogens with one attached hydrogen (secondary N) is 1. The zero-order valence-electron chi connectivity index (χ0n) is 13.7. The lowest BCUT2D eigenvalue weighted by Gasteiger charge is -2.41. The average molecular weight is 319 g/mol. The van der Waals surface area contributed by atoms with E-state index in [0.717, 1.165) is 52.2 Å². The third-order valence-corrected chi connectivity index (χ3v) is 5.18. The largest absolute Gasteiger partial charge is 0.379 e. The van der Waals surface area contributed by atoms with Crippen molar-refractivity contribution in [1.29, 1.82) is 0 Å². The van der Waals surface area contributed by atoms with E-state index in [1.165, 1.54) is 0 Å². The van der Waals surface area contributed by atoms with E-state index in [-0.39, 0.29) is 17.0 Å². The number of aromatic nitrogens is 1. The topological polar surface area (TPSA) is 65.6 Å². The first-order valence-electron chi connectivity index (χ1n) is 8.45. The third-order valence-electron chi connectivity index (χ3n) is 5.18. The Morgan fingerprint density at radius 3 is 2.61 bits per heavy atom. The SMILES string of the molecule is C[C@@H](C1CCN(C(=O)c2ccc[nH]c2=O)CC1)N1CCOCC1. The molecule has 0 spiro atoms. The highest BCUT2D eigenvalue weighted by Gasteiger charge is 2.30. The molecule has 0 radical (unpaired) electrons. The number of aromatic amines is 1. The molecule has 0 saturated carbocycles. The molecule has 1 atom stereocenters. The van der Waals surface area contributed by atoms with Gasteiger partial charge in [0.15, 0.2) is 0 Å². The maximum absolute atomic E-state index is 12.5. The number of nitrogens with zero attached hydrogens (tertiary/aromatic N) is 2. The fourth-order valence-corrected chi connectivity index (χ4v) is 3.63. The van der Waals surface area contributed by atoms with Crippen molar-refractivity contribution in [3.63, 3.8) is 0 Å². The molecule has 2 aliphatic rings. The highest BCUT2D eigenvalue weighted by molar-refractivity contribution is 5.93. The second-order valence-corrected chi connectivity index (χ2v) is 6.43. The van der Waals surface area contributed by atoms with E-state index < -0.39 is 0 Å². The van der Waals surface area contributed by atoms with Gasteiger partial charge in [-0.3, -0.25) is 14.5 Å². The van der Waals surface area contributed by atoms with Crippen molar-refractivity contribution in [2.45, 2.75) is 25.8 Å². The number of piperidine rings is 1. The molecule has 1 N–H and O–H groups in total. The van der Waals surface area contributed by atoms with Crippen LogP contribution in [-0.4, -0.2) is 66.1 Å². The first kappa shape index (κ1) is 16.2. The fourth-order valence-electron chi connectivity index (χ4n) is 3.63. The van der Waals surface area contributed by atoms with Crippen LogP contribution < -0.4 is 5.56 Å². The zero-order chi connectivity index (χ0) is 16.2. The van der Waals surface area contributed by atoms with Crippen LogP contribution in [0.5, 0.6) is 0 Å². The molecule has 0 bridgehead atoms. The number of hydrogen-bond donors (Lipinski definition) is 1. The maximum Gasteiger partial charge on any atom is 0.260 e. The Balaban J connectivity index is 1.57. The van der Waals surface area contributed by atoms with E-state index in [0.29, 0.717) is 12.0 Å². The number of H-pyrrole nitrogens is 1. The zero-order valence-corrected chi connectivity index (χ0v) is 13.7. The van der Waals surface area contributed by atoms with Gasteiger partial charge in [0.05, 0.1) is 13.2 Å². The van der Waals surface area contributed by atoms with Gasteiger partial charge in [0.2, 0.25) is 0 Å². The number of ether oxygens (including phenoxy) is 1. The van der Waals surface area contributed by atoms with Crippen molar-refractivity contribution >= 4 is 5.91 Å². The normalized spacial score (nSPS) is 22.0. The minimum Gasteiger partial charge on any atom is -0.379 e. The smallest absolute Gasteiger partial charge is 0.260 e. The number of morpholine rings is 1. The van der Waals surface area contributed by atoms with Crippen LogP contribution in [0, 0.1) is 5.92 Å². The van der Waals surface area contributed by atoms with E-state index in [1.807, 2.05) is 4.90 Å². The van der Waals surface area contributed by atoms with Gasteiger partial charge in [0.25, 0.3) is 11.5 Å². The molecule has 2 aliphatic heterocycles. The van der Waals surface area contributed by atoms with Crippen LogP contribution >= 0.6 is 0 Å². The second-order valence-electron chi connectivity index (χ2n) is 6.43. The maximum atomic E-state index is 12.5. The van der Waals surface area contributed by atoms with Gasteiger partial charge in [-0.15, -0.1) is 0 Å². The van der Waals surface area contributed by atoms with Crippen LogP contribution in [0.1, 0.15) is 30.1 Å². The minimum absolute atomic E-state index is 0.149. The molecule has 6 heteroatoms. The van der Waals surface area contributed by atoms with E-state index in [9.17, 15) is 9.59 Å². The Bertz CT molecular complexity index is 587. The summed E-state index contributed by atoms with van der Waals surface area (Å²) in [5.41, 5.74) is -0.0616. The van der Waals surface area contributed by atoms with Crippen molar-refractivity contribution in [2.75, 3.05) is 39.4 Å². The molecular weight excluding hydrogens is 294 g/mol. The Morgan fingerprint density at radius 2 is 1.96 bits per heavy atom. The summed E-state index contributed by atoms with van der Waals surface area (Å²) in [5.74, 6) is 0.454. The monoisotopic (exact) mass is 319 g/mol. The number of pyridine rings is 1. The molecule has 0 aliphatic carbocycles. The van der Waals surface area contributed by atoms with Crippen LogP contribution in [-0.2, 0) is 4.74 Å². The highest BCUT2D eigenvalue weighted by atomic mass is 16.5. The summed E-state index contributed by atoms with van der Waals surface area (Å²) in [5, 5.41) is 0. The molecule has 3 rings (SSSR count). The Labute approximate surface area is 136 Å². The lowest BCUT2D eigenvalue weighted by Crippen LogP contribution is -2.49. The van der Waals surface area contributed by atoms with E-state index in [1.54, 1.807) is 18.3 Å². The second kappa shape index (κ2) is 7.27. The van der Waals surface area contributed by atoms with Crippen LogP contribution in [0.25, 0.3) is 0 Å². The average Bonchev–Trinajstić information content (AvgIpc) is 2.62. The third kappa shape index (κ3) is 3.64. The van der Waals surface area contributed by atoms with Crippen molar-refractivity contribution in [3.05, 3.63) is 34.2 Å². The molecule has 1 aromatic rings. The number of carbonyl (C=O) groups excluding carboxylic acids is 1. The van der Waals surface area contributed by atoms with Gasteiger partial charge in [-0.05, 0) is 37.8 Å². The summed E-state index contributed by atoms with van der Waals surface area (Å²) < 4.78 is 5.42. The molecular formula is C17H25N3O3. The quantitative estimate of drug-likeness (QED) is 0.901. The van der Waals surface area contributed by atoms with Crippen molar-refractivity contribution in [2.24, 2.45) is 5.92 Å². The van der Waals surface area contributed by atoms with Crippen LogP contribution in [0.4, 0.5) is 0 Å². The lowest BCUT2D eigenvalue weighted by molar-refractivity contribution is -0.000961. The first-order chi connectivity index (χ1) is 11.2. The van der Waals surface area contributed by atoms with E-state index >= 15 is 0 Å². The number of likely N-dealkylation sites (tertiary alicyclic amines) is 1. The fraction of sp³-hybridized carbons (Fsp3) is 0.647. The predicted octanol–water partition coefficient (Wildman–Crippen LogP) is 0.948. The molecule has 2 saturated heterocycles. The minimum atomic E-state index is -0.304. The van der Waals surface area contributed by atoms with Gasteiger partial charge >= 0.3 is 0 Å². The number of hydrogen-bond acceptors (Lipinski definition) is 4. The van der Waals surface area contributed by atoms with Gasteiger partial charge in [-0.2, -0.15) is 0 Å². The molecule has 3 heterocycles. The van der Waals surface area contributed by atoms with E-state index in [4.69, 9.17) is 4.74 Å². The summed E-state index contributed by atoms with van der Waals surface area (Å²) >= 11 is 0. The summed E-state index contributed by atoms with van der Waals surface area (Å²) in [6, 6.07) is 3.82. The van der Waals surface area contributed by atoms with Crippen molar-refractivity contribution in [3.8, 4) is 0 Å². The molecule has 23 heavy (non-hydrogen) atoms. The van der Waals surface area contributed by atoms with Crippen LogP contribution in [0.3, 0.4) is 0 Å². The molecule has 1 aromatic heterocycles. The summed E-state index contributed by atoms with van der Waals surface area (Å²) in [6.45, 7) is 7.38. The summed E-state index contributed by atoms with van der Waals surface area (Å²) in [7, 11) is 0. The van der Waals surface area contributed by atoms with E-state index in [2.05, 4.69) is 16.8 Å². The first-order valence-corrected chi connectivity index (χ1v) is 8.45. The molecule has 6 nitrogen and oxygen atoms in total. The highest BCUT2D eigenvalue weighted by Crippen LogP contribution is 2.25. The Morgan fingerprint density at radius 1 is 1.26 bits per heavy atom. The standard InChI is InChI=1S/C17H25N3O3/c1-13(19-9-11-23-12-10-19)14-4-7-20(8-5-14)17(22)15-3-2-6-18-16(15)21/h2-3,6,13-14H,4-5,7-12H2,1H3,(H,18,21)/t13-/m0/s1. The summed E-state index contributed by atoms with van der Waals surface area (Å²) in [6.07, 6.45) is 3.54. The van der Waals surface area contributed by atoms with Crippen LogP contribution in [0.2, 0.25) is 0 Å². The predicted molar refractivity (Wildman–Crippen MR) is 87.5 cm³/mol. The van der Waals surface area contributed by atoms with Crippen molar-refractivity contribution < 1.29 is 9.53 Å². The number of rotatable bonds is 3. The van der Waals surface area contributed by atoms with Gasteiger partial charge in [-0.25, -0.2) is 0 Å². The Hall–Kier alpha value is -1.66. The molecule has 126 valence electrons. The summed E-state index contributed by atoms with van der Waals surface area (Å²) in [4.78, 5) is 31.1. The molecule has 1 amide bonds.